The molecule has 7 heteroatoms. The lowest BCUT2D eigenvalue weighted by molar-refractivity contribution is -0.138. The fourth-order valence-corrected chi connectivity index (χ4v) is 1.95. The first-order valence-corrected chi connectivity index (χ1v) is 5.37. The van der Waals surface area contributed by atoms with E-state index in [0.717, 1.165) is 12.1 Å². The number of hydrogen-bond donors (Lipinski definition) is 0. The molecule has 0 fully saturated rings. The van der Waals surface area contributed by atoms with Crippen LogP contribution in [-0.2, 0) is 6.18 Å². The van der Waals surface area contributed by atoms with Crippen molar-refractivity contribution >= 4 is 39.4 Å². The molecule has 0 radical (unpaired) electrons. The molecule has 0 aliphatic heterocycles. The summed E-state index contributed by atoms with van der Waals surface area (Å²) in [7, 11) is 1.25. The molecule has 1 aromatic carbocycles. The molecule has 0 aliphatic carbocycles. The van der Waals surface area contributed by atoms with E-state index in [0.29, 0.717) is 3.57 Å². The summed E-state index contributed by atoms with van der Waals surface area (Å²) in [4.78, 5) is 10.9. The van der Waals surface area contributed by atoms with Crippen LogP contribution < -0.4 is 4.74 Å². The van der Waals surface area contributed by atoms with E-state index in [1.165, 1.54) is 7.11 Å². The zero-order valence-corrected chi connectivity index (χ0v) is 10.8. The Morgan fingerprint density at radius 1 is 1.44 bits per heavy atom. The Morgan fingerprint density at radius 2 is 2.00 bits per heavy atom. The van der Waals surface area contributed by atoms with Crippen molar-refractivity contribution in [2.75, 3.05) is 7.11 Å². The molecule has 0 unspecified atom stereocenters. The number of methoxy groups -OCH3 is 1. The predicted molar refractivity (Wildman–Crippen MR) is 60.9 cm³/mol. The molecule has 0 aliphatic rings. The maximum absolute atomic E-state index is 12.6. The lowest BCUT2D eigenvalue weighted by atomic mass is 10.1. The van der Waals surface area contributed by atoms with E-state index in [1.54, 1.807) is 22.6 Å². The third-order valence-electron chi connectivity index (χ3n) is 1.81. The van der Waals surface area contributed by atoms with Gasteiger partial charge in [0.05, 0.1) is 16.2 Å². The van der Waals surface area contributed by atoms with Gasteiger partial charge in [0.2, 0.25) is 0 Å². The number of carbonyl (C=O) groups is 1. The molecule has 0 aromatic heterocycles. The minimum Gasteiger partial charge on any atom is -0.496 e. The van der Waals surface area contributed by atoms with Gasteiger partial charge in [-0.3, -0.25) is 4.79 Å². The Kier molecular flexibility index (Phi) is 4.06. The highest BCUT2D eigenvalue weighted by Crippen LogP contribution is 2.37. The summed E-state index contributed by atoms with van der Waals surface area (Å²) < 4.78 is 42.9. The molecule has 16 heavy (non-hydrogen) atoms. The lowest BCUT2D eigenvalue weighted by Crippen LogP contribution is -2.12. The summed E-state index contributed by atoms with van der Waals surface area (Å²) in [5.41, 5.74) is -1.66. The van der Waals surface area contributed by atoms with Gasteiger partial charge in [0.1, 0.15) is 5.75 Å². The first kappa shape index (κ1) is 13.6. The van der Waals surface area contributed by atoms with Gasteiger partial charge >= 0.3 is 6.18 Å². The smallest absolute Gasteiger partial charge is 0.417 e. The molecule has 0 N–H and O–H groups in total. The molecule has 0 amide bonds. The van der Waals surface area contributed by atoms with Gasteiger partial charge in [0.15, 0.2) is 0 Å². The molecular weight excluding hydrogens is 359 g/mol. The maximum atomic E-state index is 12.6. The van der Waals surface area contributed by atoms with E-state index in [4.69, 9.17) is 16.3 Å². The summed E-state index contributed by atoms with van der Waals surface area (Å²) in [6.07, 6.45) is -4.64. The molecule has 0 heterocycles. The van der Waals surface area contributed by atoms with Gasteiger partial charge in [-0.1, -0.05) is 0 Å². The topological polar surface area (TPSA) is 26.3 Å². The summed E-state index contributed by atoms with van der Waals surface area (Å²) in [6, 6.07) is 1.81. The minimum absolute atomic E-state index is 0.0505. The second kappa shape index (κ2) is 4.79. The highest BCUT2D eigenvalue weighted by Gasteiger charge is 2.36. The molecule has 0 saturated carbocycles. The highest BCUT2D eigenvalue weighted by atomic mass is 127. The van der Waals surface area contributed by atoms with Crippen molar-refractivity contribution in [1.29, 1.82) is 0 Å². The van der Waals surface area contributed by atoms with Gasteiger partial charge < -0.3 is 4.74 Å². The van der Waals surface area contributed by atoms with Gasteiger partial charge in [-0.05, 0) is 46.3 Å². The molecule has 88 valence electrons. The lowest BCUT2D eigenvalue weighted by Gasteiger charge is -2.13. The Hall–Kier alpha value is -0.500. The van der Waals surface area contributed by atoms with Crippen LogP contribution in [0.5, 0.6) is 5.75 Å². The van der Waals surface area contributed by atoms with Crippen molar-refractivity contribution in [1.82, 2.24) is 0 Å². The van der Waals surface area contributed by atoms with Crippen LogP contribution in [-0.4, -0.2) is 12.4 Å². The monoisotopic (exact) mass is 364 g/mol. The maximum Gasteiger partial charge on any atom is 0.417 e. The number of rotatable bonds is 2. The standard InChI is InChI=1S/C9H5ClF3IO2/c1-16-7-3-5(9(11,12)13)4(8(10)15)2-6(7)14/h2-3H,1H3. The molecule has 0 saturated heterocycles. The molecule has 0 bridgehead atoms. The van der Waals surface area contributed by atoms with E-state index in [1.807, 2.05) is 0 Å². The number of alkyl halides is 3. The molecule has 1 rings (SSSR count). The quantitative estimate of drug-likeness (QED) is 0.591. The van der Waals surface area contributed by atoms with Gasteiger partial charge in [0, 0.05) is 5.56 Å². The zero-order chi connectivity index (χ0) is 12.5. The number of benzene rings is 1. The van der Waals surface area contributed by atoms with Crippen LogP contribution in [0.3, 0.4) is 0 Å². The summed E-state index contributed by atoms with van der Waals surface area (Å²) in [5, 5.41) is -1.15. The van der Waals surface area contributed by atoms with Crippen molar-refractivity contribution in [2.24, 2.45) is 0 Å². The van der Waals surface area contributed by atoms with Crippen LogP contribution in [0.2, 0.25) is 0 Å². The molecule has 0 atom stereocenters. The fourth-order valence-electron chi connectivity index (χ4n) is 1.11. The first-order valence-electron chi connectivity index (χ1n) is 3.92. The summed E-state index contributed by atoms with van der Waals surface area (Å²) in [6.45, 7) is 0. The minimum atomic E-state index is -4.64. The first-order chi connectivity index (χ1) is 7.27. The van der Waals surface area contributed by atoms with E-state index < -0.39 is 22.5 Å². The van der Waals surface area contributed by atoms with Crippen molar-refractivity contribution in [3.63, 3.8) is 0 Å². The van der Waals surface area contributed by atoms with Crippen LogP contribution >= 0.6 is 34.2 Å². The van der Waals surface area contributed by atoms with Crippen molar-refractivity contribution in [2.45, 2.75) is 6.18 Å². The average Bonchev–Trinajstić information content (AvgIpc) is 2.15. The van der Waals surface area contributed by atoms with Gasteiger partial charge in [-0.25, -0.2) is 0 Å². The number of halogens is 5. The van der Waals surface area contributed by atoms with E-state index in [9.17, 15) is 18.0 Å². The predicted octanol–water partition coefficient (Wildman–Crippen LogP) is 3.70. The van der Waals surface area contributed by atoms with Gasteiger partial charge in [0.25, 0.3) is 5.24 Å². The molecule has 2 nitrogen and oxygen atoms in total. The van der Waals surface area contributed by atoms with Crippen LogP contribution in [0.4, 0.5) is 13.2 Å². The number of ether oxygens (including phenoxy) is 1. The van der Waals surface area contributed by atoms with Crippen LogP contribution in [0.25, 0.3) is 0 Å². The SMILES string of the molecule is COc1cc(C(F)(F)F)c(C(=O)Cl)cc1I. The number of carbonyl (C=O) groups excluding carboxylic acids is 1. The second-order valence-electron chi connectivity index (χ2n) is 2.80. The van der Waals surface area contributed by atoms with E-state index in [2.05, 4.69) is 0 Å². The summed E-state index contributed by atoms with van der Waals surface area (Å²) in [5.74, 6) is 0.0505. The summed E-state index contributed by atoms with van der Waals surface area (Å²) >= 11 is 6.86. The molecule has 1 aromatic rings. The third-order valence-corrected chi connectivity index (χ3v) is 2.86. The second-order valence-corrected chi connectivity index (χ2v) is 4.31. The van der Waals surface area contributed by atoms with Crippen LogP contribution in [0, 0.1) is 3.57 Å². The van der Waals surface area contributed by atoms with Crippen molar-refractivity contribution < 1.29 is 22.7 Å². The van der Waals surface area contributed by atoms with Crippen LogP contribution in [0.15, 0.2) is 12.1 Å². The Morgan fingerprint density at radius 3 is 2.38 bits per heavy atom. The van der Waals surface area contributed by atoms with Crippen molar-refractivity contribution in [3.05, 3.63) is 26.8 Å². The average molecular weight is 364 g/mol. The van der Waals surface area contributed by atoms with Gasteiger partial charge in [-0.15, -0.1) is 0 Å². The van der Waals surface area contributed by atoms with E-state index in [-0.39, 0.29) is 5.75 Å². The Balaban J connectivity index is 3.49. The highest BCUT2D eigenvalue weighted by molar-refractivity contribution is 14.1. The van der Waals surface area contributed by atoms with Gasteiger partial charge in [-0.2, -0.15) is 13.2 Å². The van der Waals surface area contributed by atoms with E-state index >= 15 is 0 Å². The molecule has 0 spiro atoms. The van der Waals surface area contributed by atoms with Crippen molar-refractivity contribution in [3.8, 4) is 5.75 Å². The Labute approximate surface area is 108 Å². The Bertz CT molecular complexity index is 431. The normalized spacial score (nSPS) is 11.4. The molecular formula is C9H5ClF3IO2. The van der Waals surface area contributed by atoms with Crippen LogP contribution in [0.1, 0.15) is 15.9 Å². The fraction of sp³-hybridized carbons (Fsp3) is 0.222. The largest absolute Gasteiger partial charge is 0.496 e. The number of hydrogen-bond acceptors (Lipinski definition) is 2. The zero-order valence-electron chi connectivity index (χ0n) is 7.86. The third kappa shape index (κ3) is 2.79.